The number of nitrogens with zero attached hydrogens (tertiary/aromatic N) is 4. The molecule has 0 aliphatic rings. The SMILES string of the molecule is C.C.CCCC(/C(N)=C/[N+](=O)[O-])c1ccc(Cl)nc1.N/C(=C\[N+](=O)[O-])Cc1ccc(Cl)nc1. The van der Waals surface area contributed by atoms with Crippen molar-refractivity contribution in [3.05, 3.63) is 102 Å². The molecule has 1 unspecified atom stereocenters. The molecule has 1 atom stereocenters. The number of pyridine rings is 2. The molecule has 12 heteroatoms. The van der Waals surface area contributed by atoms with E-state index in [1.165, 1.54) is 6.20 Å². The Balaban J connectivity index is 0. The molecular formula is C21H30Cl2N6O4. The molecule has 0 bridgehead atoms. The minimum atomic E-state index is -0.585. The average Bonchev–Trinajstić information content (AvgIpc) is 2.68. The maximum atomic E-state index is 10.4. The van der Waals surface area contributed by atoms with Crippen LogP contribution in [0.3, 0.4) is 0 Å². The molecule has 0 radical (unpaired) electrons. The van der Waals surface area contributed by atoms with Crippen LogP contribution in [0.4, 0.5) is 0 Å². The molecular weight excluding hydrogens is 471 g/mol. The van der Waals surface area contributed by atoms with Crippen LogP contribution in [-0.2, 0) is 6.42 Å². The predicted octanol–water partition coefficient (Wildman–Crippen LogP) is 5.32. The molecule has 0 aromatic carbocycles. The van der Waals surface area contributed by atoms with Crippen LogP contribution in [-0.4, -0.2) is 19.8 Å². The normalized spacial score (nSPS) is 11.7. The Morgan fingerprint density at radius 1 is 1.00 bits per heavy atom. The highest BCUT2D eigenvalue weighted by Gasteiger charge is 2.16. The third-order valence-corrected chi connectivity index (χ3v) is 4.30. The first-order valence-corrected chi connectivity index (χ1v) is 9.80. The summed E-state index contributed by atoms with van der Waals surface area (Å²) in [6, 6.07) is 6.77. The summed E-state index contributed by atoms with van der Waals surface area (Å²) in [4.78, 5) is 27.1. The molecule has 33 heavy (non-hydrogen) atoms. The Kier molecular flexibility index (Phi) is 15.9. The lowest BCUT2D eigenvalue weighted by Crippen LogP contribution is -2.12. The molecule has 2 aromatic rings. The lowest BCUT2D eigenvalue weighted by atomic mass is 9.93. The second-order valence-corrected chi connectivity index (χ2v) is 7.10. The monoisotopic (exact) mass is 500 g/mol. The van der Waals surface area contributed by atoms with Gasteiger partial charge in [0, 0.05) is 24.7 Å². The van der Waals surface area contributed by atoms with Gasteiger partial charge in [-0.2, -0.15) is 0 Å². The third kappa shape index (κ3) is 13.0. The number of allylic oxidation sites excluding steroid dienone is 2. The van der Waals surface area contributed by atoms with Crippen molar-refractivity contribution in [2.45, 2.75) is 47.0 Å². The van der Waals surface area contributed by atoms with Crippen LogP contribution < -0.4 is 11.5 Å². The number of hydrogen-bond acceptors (Lipinski definition) is 8. The molecule has 0 aliphatic heterocycles. The largest absolute Gasteiger partial charge is 0.397 e. The second-order valence-electron chi connectivity index (χ2n) is 6.33. The first-order valence-electron chi connectivity index (χ1n) is 9.04. The first kappa shape index (κ1) is 31.9. The Labute approximate surface area is 203 Å². The highest BCUT2D eigenvalue weighted by Crippen LogP contribution is 2.26. The topological polar surface area (TPSA) is 164 Å². The van der Waals surface area contributed by atoms with Gasteiger partial charge in [-0.05, 0) is 29.7 Å². The summed E-state index contributed by atoms with van der Waals surface area (Å²) in [6.45, 7) is 2.00. The fourth-order valence-electron chi connectivity index (χ4n) is 2.55. The van der Waals surface area contributed by atoms with E-state index >= 15 is 0 Å². The van der Waals surface area contributed by atoms with Gasteiger partial charge in [-0.25, -0.2) is 9.97 Å². The standard InChI is InChI=1S/C11H14ClN3O2.C8H8ClN3O2.2CH4/c1-2-3-9(10(13)7-15(16)17)8-4-5-11(12)14-6-8;9-8-2-1-6(4-11-8)3-7(10)5-12(13)14;;/h4-7,9H,2-3,13H2,1H3;1-2,4-5H,3,10H2;2*1H4/b10-7-;7-5-;;. The number of hydrogen-bond donors (Lipinski definition) is 2. The summed E-state index contributed by atoms with van der Waals surface area (Å²) in [5.41, 5.74) is 13.2. The molecule has 0 amide bonds. The van der Waals surface area contributed by atoms with Crippen LogP contribution in [0.2, 0.25) is 10.3 Å². The molecule has 0 fully saturated rings. The Morgan fingerprint density at radius 3 is 1.97 bits per heavy atom. The maximum Gasteiger partial charge on any atom is 0.253 e. The molecule has 2 aromatic heterocycles. The maximum absolute atomic E-state index is 10.4. The summed E-state index contributed by atoms with van der Waals surface area (Å²) in [5.74, 6) is -0.185. The fraction of sp³-hybridized carbons (Fsp3) is 0.333. The lowest BCUT2D eigenvalue weighted by Gasteiger charge is -2.14. The number of halogens is 2. The zero-order valence-electron chi connectivity index (χ0n) is 16.6. The van der Waals surface area contributed by atoms with Gasteiger partial charge >= 0.3 is 0 Å². The van der Waals surface area contributed by atoms with E-state index < -0.39 is 9.85 Å². The number of aromatic nitrogens is 2. The highest BCUT2D eigenvalue weighted by molar-refractivity contribution is 6.29. The van der Waals surface area contributed by atoms with Crippen LogP contribution in [0.25, 0.3) is 0 Å². The van der Waals surface area contributed by atoms with Crippen molar-refractivity contribution >= 4 is 23.2 Å². The van der Waals surface area contributed by atoms with Gasteiger partial charge in [0.15, 0.2) is 0 Å². The van der Waals surface area contributed by atoms with E-state index in [0.717, 1.165) is 36.4 Å². The van der Waals surface area contributed by atoms with E-state index in [1.54, 1.807) is 30.5 Å². The first-order chi connectivity index (χ1) is 14.6. The van der Waals surface area contributed by atoms with Gasteiger partial charge in [-0.1, -0.05) is 63.5 Å². The van der Waals surface area contributed by atoms with Crippen LogP contribution in [0, 0.1) is 20.2 Å². The van der Waals surface area contributed by atoms with Gasteiger partial charge < -0.3 is 11.5 Å². The summed E-state index contributed by atoms with van der Waals surface area (Å²) in [6.07, 6.45) is 6.65. The highest BCUT2D eigenvalue weighted by atomic mass is 35.5. The molecule has 2 rings (SSSR count). The van der Waals surface area contributed by atoms with Crippen molar-refractivity contribution in [2.24, 2.45) is 11.5 Å². The molecule has 182 valence electrons. The van der Waals surface area contributed by atoms with E-state index in [4.69, 9.17) is 34.7 Å². The lowest BCUT2D eigenvalue weighted by molar-refractivity contribution is -0.403. The average molecular weight is 501 g/mol. The van der Waals surface area contributed by atoms with Crippen molar-refractivity contribution in [3.63, 3.8) is 0 Å². The summed E-state index contributed by atoms with van der Waals surface area (Å²) in [7, 11) is 0. The van der Waals surface area contributed by atoms with E-state index in [1.807, 2.05) is 6.92 Å². The van der Waals surface area contributed by atoms with Gasteiger partial charge in [0.05, 0.1) is 21.2 Å². The van der Waals surface area contributed by atoms with Crippen molar-refractivity contribution in [2.75, 3.05) is 0 Å². The predicted molar refractivity (Wildman–Crippen MR) is 132 cm³/mol. The molecule has 0 saturated heterocycles. The second kappa shape index (κ2) is 16.4. The number of nitro groups is 2. The Morgan fingerprint density at radius 2 is 1.55 bits per heavy atom. The van der Waals surface area contributed by atoms with Crippen molar-refractivity contribution < 1.29 is 9.85 Å². The van der Waals surface area contributed by atoms with Crippen LogP contribution in [0.5, 0.6) is 0 Å². The number of rotatable bonds is 8. The quantitative estimate of drug-likeness (QED) is 0.279. The Hall–Kier alpha value is -3.24. The summed E-state index contributed by atoms with van der Waals surface area (Å²) >= 11 is 11.3. The van der Waals surface area contributed by atoms with Gasteiger partial charge in [0.1, 0.15) is 10.3 Å². The number of nitrogens with two attached hydrogens (primary N) is 2. The summed E-state index contributed by atoms with van der Waals surface area (Å²) < 4.78 is 0. The van der Waals surface area contributed by atoms with Crippen molar-refractivity contribution in [1.82, 2.24) is 9.97 Å². The fourth-order valence-corrected chi connectivity index (χ4v) is 2.77. The molecule has 2 heterocycles. The molecule has 0 aliphatic carbocycles. The molecule has 0 spiro atoms. The van der Waals surface area contributed by atoms with Gasteiger partial charge in [-0.3, -0.25) is 20.2 Å². The molecule has 0 saturated carbocycles. The van der Waals surface area contributed by atoms with Crippen LogP contribution in [0.15, 0.2) is 60.5 Å². The van der Waals surface area contributed by atoms with Gasteiger partial charge in [0.2, 0.25) is 0 Å². The third-order valence-electron chi connectivity index (χ3n) is 3.85. The summed E-state index contributed by atoms with van der Waals surface area (Å²) in [5, 5.41) is 21.3. The molecule has 4 N–H and O–H groups in total. The van der Waals surface area contributed by atoms with Crippen molar-refractivity contribution in [3.8, 4) is 0 Å². The van der Waals surface area contributed by atoms with E-state index in [-0.39, 0.29) is 32.2 Å². The molecule has 10 nitrogen and oxygen atoms in total. The van der Waals surface area contributed by atoms with Crippen molar-refractivity contribution in [1.29, 1.82) is 0 Å². The minimum Gasteiger partial charge on any atom is -0.397 e. The van der Waals surface area contributed by atoms with Crippen LogP contribution >= 0.6 is 23.2 Å². The smallest absolute Gasteiger partial charge is 0.253 e. The van der Waals surface area contributed by atoms with Gasteiger partial charge in [-0.15, -0.1) is 0 Å². The van der Waals surface area contributed by atoms with E-state index in [0.29, 0.717) is 16.7 Å². The van der Waals surface area contributed by atoms with Crippen LogP contribution in [0.1, 0.15) is 51.7 Å². The zero-order valence-corrected chi connectivity index (χ0v) is 18.2. The zero-order chi connectivity index (χ0) is 23.4. The minimum absolute atomic E-state index is 0. The Bertz CT molecular complexity index is 935. The van der Waals surface area contributed by atoms with E-state index in [9.17, 15) is 20.2 Å². The van der Waals surface area contributed by atoms with E-state index in [2.05, 4.69) is 9.97 Å². The van der Waals surface area contributed by atoms with Gasteiger partial charge in [0.25, 0.3) is 12.4 Å².